The van der Waals surface area contributed by atoms with E-state index in [1.54, 1.807) is 43.5 Å². The van der Waals surface area contributed by atoms with E-state index in [0.717, 1.165) is 11.3 Å². The number of hydrogen-bond acceptors (Lipinski definition) is 5. The van der Waals surface area contributed by atoms with Crippen molar-refractivity contribution in [1.29, 1.82) is 0 Å². The van der Waals surface area contributed by atoms with E-state index in [0.29, 0.717) is 17.1 Å². The minimum absolute atomic E-state index is 0.00889. The predicted octanol–water partition coefficient (Wildman–Crippen LogP) is 4.91. The van der Waals surface area contributed by atoms with Crippen LogP contribution in [0.1, 0.15) is 39.8 Å². The van der Waals surface area contributed by atoms with Crippen LogP contribution in [0.2, 0.25) is 0 Å². The van der Waals surface area contributed by atoms with Gasteiger partial charge in [-0.25, -0.2) is 0 Å². The molecule has 1 aromatic heterocycles. The topological polar surface area (TPSA) is 82.6 Å². The van der Waals surface area contributed by atoms with Crippen molar-refractivity contribution in [3.63, 3.8) is 0 Å². The molecule has 0 saturated heterocycles. The van der Waals surface area contributed by atoms with E-state index in [-0.39, 0.29) is 23.8 Å². The quantitative estimate of drug-likeness (QED) is 0.337. The van der Waals surface area contributed by atoms with E-state index in [1.807, 2.05) is 19.1 Å². The van der Waals surface area contributed by atoms with Gasteiger partial charge in [0.05, 0.1) is 12.0 Å². The van der Waals surface area contributed by atoms with E-state index in [1.165, 1.54) is 12.1 Å². The Balaban J connectivity index is 1.89. The summed E-state index contributed by atoms with van der Waals surface area (Å²) in [5.41, 5.74) is 1.37. The first-order chi connectivity index (χ1) is 13.0. The molecule has 0 spiro atoms. The molecule has 27 heavy (non-hydrogen) atoms. The Bertz CT molecular complexity index is 941. The van der Waals surface area contributed by atoms with Crippen LogP contribution in [0.25, 0.3) is 0 Å². The first kappa shape index (κ1) is 18.4. The van der Waals surface area contributed by atoms with Crippen LogP contribution in [0.4, 0.5) is 5.69 Å². The number of carbonyl (C=O) groups excluding carboxylic acids is 1. The number of hydrogen-bond donors (Lipinski definition) is 0. The SMILES string of the molecule is COc1ccc(C(=O)CC(c2ccc([N+](=O)[O-])cc2)c2ccc(C)o2)cc1. The molecule has 1 unspecified atom stereocenters. The number of nitrogens with zero attached hydrogens (tertiary/aromatic N) is 1. The molecule has 0 amide bonds. The summed E-state index contributed by atoms with van der Waals surface area (Å²) in [6.45, 7) is 1.84. The number of ketones is 1. The molecule has 0 N–H and O–H groups in total. The summed E-state index contributed by atoms with van der Waals surface area (Å²) in [4.78, 5) is 23.2. The molecule has 3 aromatic rings. The van der Waals surface area contributed by atoms with Crippen LogP contribution < -0.4 is 4.74 Å². The van der Waals surface area contributed by atoms with Crippen molar-refractivity contribution < 1.29 is 18.9 Å². The summed E-state index contributed by atoms with van der Waals surface area (Å²) < 4.78 is 10.9. The lowest BCUT2D eigenvalue weighted by atomic mass is 9.89. The minimum Gasteiger partial charge on any atom is -0.497 e. The third-order valence-electron chi connectivity index (χ3n) is 4.41. The second kappa shape index (κ2) is 7.86. The molecule has 0 saturated carbocycles. The second-order valence-electron chi connectivity index (χ2n) is 6.21. The molecular weight excluding hydrogens is 346 g/mol. The summed E-state index contributed by atoms with van der Waals surface area (Å²) in [6.07, 6.45) is 0.192. The van der Waals surface area contributed by atoms with E-state index in [9.17, 15) is 14.9 Å². The number of aryl methyl sites for hydroxylation is 1. The van der Waals surface area contributed by atoms with Gasteiger partial charge in [-0.2, -0.15) is 0 Å². The van der Waals surface area contributed by atoms with Gasteiger partial charge in [-0.3, -0.25) is 14.9 Å². The molecule has 1 heterocycles. The Morgan fingerprint density at radius 1 is 1.07 bits per heavy atom. The molecule has 0 aliphatic rings. The van der Waals surface area contributed by atoms with E-state index in [2.05, 4.69) is 0 Å². The highest BCUT2D eigenvalue weighted by atomic mass is 16.6. The largest absolute Gasteiger partial charge is 0.497 e. The van der Waals surface area contributed by atoms with Gasteiger partial charge < -0.3 is 9.15 Å². The first-order valence-corrected chi connectivity index (χ1v) is 8.46. The van der Waals surface area contributed by atoms with Crippen LogP contribution in [-0.2, 0) is 0 Å². The van der Waals surface area contributed by atoms with Gasteiger partial charge in [0.1, 0.15) is 17.3 Å². The van der Waals surface area contributed by atoms with Crippen molar-refractivity contribution in [3.05, 3.63) is 93.4 Å². The predicted molar refractivity (Wildman–Crippen MR) is 100 cm³/mol. The van der Waals surface area contributed by atoms with Crippen LogP contribution in [0, 0.1) is 17.0 Å². The maximum Gasteiger partial charge on any atom is 0.269 e. The van der Waals surface area contributed by atoms with Gasteiger partial charge in [0.25, 0.3) is 5.69 Å². The Labute approximate surface area is 156 Å². The van der Waals surface area contributed by atoms with Gasteiger partial charge in [-0.05, 0) is 48.9 Å². The number of rotatable bonds is 7. The maximum absolute atomic E-state index is 12.8. The third kappa shape index (κ3) is 4.23. The first-order valence-electron chi connectivity index (χ1n) is 8.46. The third-order valence-corrected chi connectivity index (χ3v) is 4.41. The fourth-order valence-corrected chi connectivity index (χ4v) is 2.93. The van der Waals surface area contributed by atoms with E-state index < -0.39 is 4.92 Å². The highest BCUT2D eigenvalue weighted by Crippen LogP contribution is 2.32. The number of benzene rings is 2. The molecular formula is C21H19NO5. The summed E-state index contributed by atoms with van der Waals surface area (Å²) in [7, 11) is 1.57. The maximum atomic E-state index is 12.8. The molecule has 3 rings (SSSR count). The number of furan rings is 1. The van der Waals surface area contributed by atoms with Crippen LogP contribution in [-0.4, -0.2) is 17.8 Å². The highest BCUT2D eigenvalue weighted by Gasteiger charge is 2.23. The molecule has 2 aromatic carbocycles. The summed E-state index contributed by atoms with van der Waals surface area (Å²) in [5, 5.41) is 10.9. The summed E-state index contributed by atoms with van der Waals surface area (Å²) >= 11 is 0. The minimum atomic E-state index is -0.446. The standard InChI is InChI=1S/C21H19NO5/c1-14-3-12-21(27-14)19(15-4-8-17(9-5-15)22(24)25)13-20(23)16-6-10-18(26-2)11-7-16/h3-12,19H,13H2,1-2H3. The number of ether oxygens (including phenoxy) is 1. The Morgan fingerprint density at radius 2 is 1.74 bits per heavy atom. The fourth-order valence-electron chi connectivity index (χ4n) is 2.93. The van der Waals surface area contributed by atoms with Crippen molar-refractivity contribution in [1.82, 2.24) is 0 Å². The monoisotopic (exact) mass is 365 g/mol. The molecule has 0 aliphatic heterocycles. The zero-order valence-corrected chi connectivity index (χ0v) is 15.0. The molecule has 0 bridgehead atoms. The van der Waals surface area contributed by atoms with Gasteiger partial charge in [0.15, 0.2) is 5.78 Å². The highest BCUT2D eigenvalue weighted by molar-refractivity contribution is 5.96. The molecule has 0 fully saturated rings. The second-order valence-corrected chi connectivity index (χ2v) is 6.21. The molecule has 0 aliphatic carbocycles. The zero-order chi connectivity index (χ0) is 19.4. The Morgan fingerprint density at radius 3 is 2.26 bits per heavy atom. The number of nitro benzene ring substituents is 1. The number of nitro groups is 1. The normalized spacial score (nSPS) is 11.8. The van der Waals surface area contributed by atoms with Crippen molar-refractivity contribution in [2.45, 2.75) is 19.3 Å². The smallest absolute Gasteiger partial charge is 0.269 e. The summed E-state index contributed by atoms with van der Waals surface area (Å²) in [5.74, 6) is 1.71. The molecule has 6 nitrogen and oxygen atoms in total. The van der Waals surface area contributed by atoms with Gasteiger partial charge in [-0.1, -0.05) is 12.1 Å². The molecule has 6 heteroatoms. The van der Waals surface area contributed by atoms with Gasteiger partial charge >= 0.3 is 0 Å². The lowest BCUT2D eigenvalue weighted by Crippen LogP contribution is -2.09. The van der Waals surface area contributed by atoms with Crippen LogP contribution in [0.3, 0.4) is 0 Å². The average molecular weight is 365 g/mol. The Kier molecular flexibility index (Phi) is 5.35. The van der Waals surface area contributed by atoms with Crippen LogP contribution in [0.5, 0.6) is 5.75 Å². The van der Waals surface area contributed by atoms with Gasteiger partial charge in [-0.15, -0.1) is 0 Å². The summed E-state index contributed by atoms with van der Waals surface area (Å²) in [6, 6.07) is 16.8. The number of methoxy groups -OCH3 is 1. The van der Waals surface area contributed by atoms with Crippen molar-refractivity contribution in [2.24, 2.45) is 0 Å². The average Bonchev–Trinajstić information content (AvgIpc) is 3.12. The zero-order valence-electron chi connectivity index (χ0n) is 15.0. The van der Waals surface area contributed by atoms with E-state index in [4.69, 9.17) is 9.15 Å². The molecule has 1 atom stereocenters. The molecule has 0 radical (unpaired) electrons. The Hall–Kier alpha value is -3.41. The number of carbonyl (C=O) groups is 1. The van der Waals surface area contributed by atoms with Crippen molar-refractivity contribution >= 4 is 11.5 Å². The molecule has 138 valence electrons. The van der Waals surface area contributed by atoms with Crippen molar-refractivity contribution in [2.75, 3.05) is 7.11 Å². The fraction of sp³-hybridized carbons (Fsp3) is 0.190. The number of non-ortho nitro benzene ring substituents is 1. The van der Waals surface area contributed by atoms with E-state index >= 15 is 0 Å². The number of Topliss-reactive ketones (excluding diaryl/α,β-unsaturated/α-hetero) is 1. The van der Waals surface area contributed by atoms with Crippen LogP contribution in [0.15, 0.2) is 65.1 Å². The van der Waals surface area contributed by atoms with Gasteiger partial charge in [0.2, 0.25) is 0 Å². The lowest BCUT2D eigenvalue weighted by Gasteiger charge is -2.15. The lowest BCUT2D eigenvalue weighted by molar-refractivity contribution is -0.384. The van der Waals surface area contributed by atoms with Crippen LogP contribution >= 0.6 is 0 Å². The van der Waals surface area contributed by atoms with Crippen molar-refractivity contribution in [3.8, 4) is 5.75 Å². The van der Waals surface area contributed by atoms with Gasteiger partial charge in [0, 0.05) is 30.0 Å².